The van der Waals surface area contributed by atoms with Crippen LogP contribution in [0.25, 0.3) is 0 Å². The van der Waals surface area contributed by atoms with Crippen LogP contribution in [0.5, 0.6) is 0 Å². The Balaban J connectivity index is 0. The average molecular weight is 725 g/mol. The molecule has 0 spiro atoms. The van der Waals surface area contributed by atoms with Gasteiger partial charge in [0.15, 0.2) is 0 Å². The third kappa shape index (κ3) is 15.6. The first kappa shape index (κ1) is 22.7. The van der Waals surface area contributed by atoms with Gasteiger partial charge in [-0.2, -0.15) is 18.2 Å². The topological polar surface area (TPSA) is 0 Å². The van der Waals surface area contributed by atoms with Gasteiger partial charge < -0.3 is 0 Å². The predicted molar refractivity (Wildman–Crippen MR) is 90.4 cm³/mol. The minimum atomic E-state index is -1.76. The summed E-state index contributed by atoms with van der Waals surface area (Å²) in [6.07, 6.45) is 0. The van der Waals surface area contributed by atoms with Gasteiger partial charge in [-0.1, -0.05) is 0 Å². The predicted octanol–water partition coefficient (Wildman–Crippen LogP) is 4.72. The van der Waals surface area contributed by atoms with Gasteiger partial charge in [0.25, 0.3) is 0 Å². The molecule has 0 atom stereocenters. The molecule has 0 fully saturated rings. The minimum Gasteiger partial charge on any atom is -0.214 e. The standard InChI is InChI=1S/C5H5.C5H4.6CH3.2Pb.Zr/c2*1-2-4-5-3-1;;;;;;;;;/h1-5H;1-4H;6*1H3;;;/q2*-1;;;;;;;;;+2. The number of hydrogen-bond acceptors (Lipinski definition) is 0. The molecule has 0 bridgehead atoms. The molecule has 103 valence electrons. The second-order valence-electron chi connectivity index (χ2n) is 5.89. The molecule has 0 aliphatic carbocycles. The number of hydrogen-bond donors (Lipinski definition) is 0. The van der Waals surface area contributed by atoms with Gasteiger partial charge in [-0.15, -0.1) is 0 Å². The largest absolute Gasteiger partial charge is 2.00 e. The van der Waals surface area contributed by atoms with Crippen LogP contribution >= 0.6 is 0 Å². The van der Waals surface area contributed by atoms with E-state index in [1.165, 1.54) is 0 Å². The summed E-state index contributed by atoms with van der Waals surface area (Å²) in [6, 6.07) is 18.8. The Bertz CT molecular complexity index is 336. The van der Waals surface area contributed by atoms with E-state index in [9.17, 15) is 0 Å². The molecule has 0 saturated heterocycles. The van der Waals surface area contributed by atoms with Crippen LogP contribution in [0.3, 0.4) is 0 Å². The van der Waals surface area contributed by atoms with Gasteiger partial charge in [0.1, 0.15) is 0 Å². The van der Waals surface area contributed by atoms with E-state index in [1.807, 2.05) is 30.3 Å². The molecule has 1 radical (unpaired) electrons. The van der Waals surface area contributed by atoms with Crippen molar-refractivity contribution in [3.05, 3.63) is 54.6 Å². The Morgan fingerprint density at radius 1 is 0.842 bits per heavy atom. The molecule has 2 aromatic rings. The molecule has 0 N–H and O–H groups in total. The first-order chi connectivity index (χ1) is 8.34. The SMILES string of the molecule is [CH3][Pb]([CH3])([CH3])[c-]1cccc1.[CH3][Pb]([CH3])[CH3].[Zr+2].c1cc[cH-]c1. The van der Waals surface area contributed by atoms with Crippen molar-refractivity contribution in [2.45, 2.75) is 26.9 Å². The van der Waals surface area contributed by atoms with Gasteiger partial charge in [0.2, 0.25) is 0 Å². The Morgan fingerprint density at radius 3 is 1.37 bits per heavy atom. The fraction of sp³-hybridized carbons (Fsp3) is 0.375. The molecule has 0 heterocycles. The van der Waals surface area contributed by atoms with Crippen molar-refractivity contribution in [1.29, 1.82) is 0 Å². The van der Waals surface area contributed by atoms with E-state index < -0.39 is 43.9 Å². The first-order valence-corrected chi connectivity index (χ1v) is 31.8. The van der Waals surface area contributed by atoms with Crippen molar-refractivity contribution in [2.24, 2.45) is 0 Å². The maximum atomic E-state index is 2.45. The van der Waals surface area contributed by atoms with Crippen LogP contribution in [-0.4, -0.2) is 43.9 Å². The van der Waals surface area contributed by atoms with Gasteiger partial charge in [0.05, 0.1) is 0 Å². The van der Waals surface area contributed by atoms with Crippen molar-refractivity contribution >= 4 is 47.0 Å². The zero-order valence-corrected chi connectivity index (χ0v) is 23.4. The van der Waals surface area contributed by atoms with Crippen molar-refractivity contribution in [3.63, 3.8) is 0 Å². The average Bonchev–Trinajstić information content (AvgIpc) is 2.93. The van der Waals surface area contributed by atoms with E-state index in [1.54, 1.807) is 3.12 Å². The van der Waals surface area contributed by atoms with Gasteiger partial charge in [0, 0.05) is 0 Å². The molecule has 0 unspecified atom stereocenters. The summed E-state index contributed by atoms with van der Waals surface area (Å²) in [5, 5.41) is 0. The van der Waals surface area contributed by atoms with Crippen LogP contribution in [-0.2, 0) is 26.2 Å². The second-order valence-corrected chi connectivity index (χ2v) is 37.3. The van der Waals surface area contributed by atoms with Crippen LogP contribution < -0.4 is 3.12 Å². The minimum absolute atomic E-state index is 0. The zero-order valence-electron chi connectivity index (χ0n) is 13.2. The van der Waals surface area contributed by atoms with Gasteiger partial charge >= 0.3 is 124 Å². The van der Waals surface area contributed by atoms with Gasteiger partial charge in [-0.25, -0.2) is 12.1 Å². The fourth-order valence-corrected chi connectivity index (χ4v) is 5.83. The molecule has 0 aliphatic rings. The molecular weight excluding hydrogens is 698 g/mol. The monoisotopic (exact) mass is 725 g/mol. The summed E-state index contributed by atoms with van der Waals surface area (Å²) < 4.78 is 16.1. The van der Waals surface area contributed by atoms with Crippen LogP contribution in [0.2, 0.25) is 26.9 Å². The molecule has 3 heteroatoms. The van der Waals surface area contributed by atoms with Crippen molar-refractivity contribution < 1.29 is 26.2 Å². The normalized spacial score (nSPS) is 9.63. The maximum Gasteiger partial charge on any atom is 2.00 e. The third-order valence-electron chi connectivity index (χ3n) is 2.08. The quantitative estimate of drug-likeness (QED) is 0.295. The summed E-state index contributed by atoms with van der Waals surface area (Å²) in [5.74, 6) is 0. The Morgan fingerprint density at radius 2 is 1.21 bits per heavy atom. The Kier molecular flexibility index (Phi) is 15.7. The van der Waals surface area contributed by atoms with E-state index in [2.05, 4.69) is 51.2 Å². The van der Waals surface area contributed by atoms with Gasteiger partial charge in [-0.05, 0) is 0 Å². The number of rotatable bonds is 1. The third-order valence-corrected chi connectivity index (χ3v) is 10.1. The van der Waals surface area contributed by atoms with E-state index in [-0.39, 0.29) is 26.2 Å². The van der Waals surface area contributed by atoms with Crippen LogP contribution in [0.1, 0.15) is 0 Å². The molecule has 0 nitrogen and oxygen atoms in total. The molecule has 0 aromatic heterocycles. The maximum absolute atomic E-state index is 2.45. The van der Waals surface area contributed by atoms with Gasteiger partial charge in [-0.3, -0.25) is 0 Å². The first-order valence-electron chi connectivity index (χ1n) is 6.49. The fourth-order valence-electron chi connectivity index (χ4n) is 1.19. The molecular formula is C16H27Pb2Zr. The Labute approximate surface area is 152 Å². The second kappa shape index (κ2) is 13.1. The summed E-state index contributed by atoms with van der Waals surface area (Å²) >= 11 is -2.42. The smallest absolute Gasteiger partial charge is 0.214 e. The van der Waals surface area contributed by atoms with E-state index >= 15 is 0 Å². The van der Waals surface area contributed by atoms with Crippen molar-refractivity contribution in [3.8, 4) is 0 Å². The summed E-state index contributed by atoms with van der Waals surface area (Å²) in [5.41, 5.74) is 0. The van der Waals surface area contributed by atoms with E-state index in [0.29, 0.717) is 0 Å². The van der Waals surface area contributed by atoms with Crippen LogP contribution in [0.4, 0.5) is 0 Å². The van der Waals surface area contributed by atoms with Crippen molar-refractivity contribution in [1.82, 2.24) is 0 Å². The molecule has 0 aliphatic heterocycles. The Hall–Kier alpha value is 1.43. The van der Waals surface area contributed by atoms with Crippen LogP contribution in [0, 0.1) is 0 Å². The molecule has 0 amide bonds. The molecule has 0 saturated carbocycles. The zero-order chi connectivity index (χ0) is 14.0. The van der Waals surface area contributed by atoms with Crippen molar-refractivity contribution in [2.75, 3.05) is 0 Å². The molecule has 2 rings (SSSR count). The summed E-state index contributed by atoms with van der Waals surface area (Å²) in [6.45, 7) is 0. The molecule has 19 heavy (non-hydrogen) atoms. The summed E-state index contributed by atoms with van der Waals surface area (Å²) in [7, 11) is 0. The summed E-state index contributed by atoms with van der Waals surface area (Å²) in [4.78, 5) is 0. The molecule has 2 aromatic carbocycles. The van der Waals surface area contributed by atoms with E-state index in [0.717, 1.165) is 0 Å². The van der Waals surface area contributed by atoms with Crippen LogP contribution in [0.15, 0.2) is 54.6 Å². The van der Waals surface area contributed by atoms with E-state index in [4.69, 9.17) is 0 Å².